The van der Waals surface area contributed by atoms with Gasteiger partial charge in [0.1, 0.15) is 0 Å². The van der Waals surface area contributed by atoms with E-state index >= 15 is 0 Å². The molecule has 110 valence electrons. The molecule has 0 radical (unpaired) electrons. The first-order chi connectivity index (χ1) is 9.29. The van der Waals surface area contributed by atoms with Gasteiger partial charge in [-0.3, -0.25) is 0 Å². The molecule has 4 nitrogen and oxygen atoms in total. The van der Waals surface area contributed by atoms with Crippen LogP contribution in [0.3, 0.4) is 0 Å². The molecule has 3 aliphatic heterocycles. The SMILES string of the molecule is OC(C1CCOC2(CCOCC2)C1)C1CSCCO1. The van der Waals surface area contributed by atoms with Crippen LogP contribution in [0.25, 0.3) is 0 Å². The lowest BCUT2D eigenvalue weighted by molar-refractivity contribution is -0.168. The predicted octanol–water partition coefficient (Wildman–Crippen LogP) is 1.46. The van der Waals surface area contributed by atoms with Crippen molar-refractivity contribution >= 4 is 11.8 Å². The van der Waals surface area contributed by atoms with Crippen LogP contribution in [0.1, 0.15) is 25.7 Å². The van der Waals surface area contributed by atoms with Crippen molar-refractivity contribution in [2.24, 2.45) is 5.92 Å². The van der Waals surface area contributed by atoms with Gasteiger partial charge in [-0.25, -0.2) is 0 Å². The van der Waals surface area contributed by atoms with Gasteiger partial charge in [-0.15, -0.1) is 0 Å². The Balaban J connectivity index is 1.60. The van der Waals surface area contributed by atoms with Gasteiger partial charge in [0.15, 0.2) is 0 Å². The standard InChI is InChI=1S/C14H24O4S/c15-13(12-10-19-8-7-17-12)11-1-4-18-14(9-11)2-5-16-6-3-14/h11-13,15H,1-10H2. The fourth-order valence-corrected chi connectivity index (χ4v) is 4.36. The Hall–Kier alpha value is 0.190. The minimum absolute atomic E-state index is 0.0127. The fraction of sp³-hybridized carbons (Fsp3) is 1.00. The Kier molecular flexibility index (Phi) is 4.70. The molecule has 5 heteroatoms. The molecule has 0 saturated carbocycles. The summed E-state index contributed by atoms with van der Waals surface area (Å²) in [6.45, 7) is 3.12. The second-order valence-electron chi connectivity index (χ2n) is 5.87. The molecule has 3 saturated heterocycles. The molecule has 0 aromatic rings. The molecule has 0 amide bonds. The van der Waals surface area contributed by atoms with Crippen molar-refractivity contribution in [1.82, 2.24) is 0 Å². The normalized spacial score (nSPS) is 37.1. The van der Waals surface area contributed by atoms with Crippen LogP contribution in [0.5, 0.6) is 0 Å². The summed E-state index contributed by atoms with van der Waals surface area (Å²) in [6.07, 6.45) is 3.53. The van der Waals surface area contributed by atoms with E-state index in [0.29, 0.717) is 5.92 Å². The highest BCUT2D eigenvalue weighted by atomic mass is 32.2. The van der Waals surface area contributed by atoms with Gasteiger partial charge in [-0.2, -0.15) is 11.8 Å². The maximum Gasteiger partial charge on any atom is 0.0927 e. The number of ether oxygens (including phenoxy) is 3. The van der Waals surface area contributed by atoms with Crippen molar-refractivity contribution in [3.8, 4) is 0 Å². The zero-order valence-corrected chi connectivity index (χ0v) is 12.2. The fourth-order valence-electron chi connectivity index (χ4n) is 3.46. The molecule has 3 heterocycles. The van der Waals surface area contributed by atoms with Gasteiger partial charge < -0.3 is 19.3 Å². The third-order valence-corrected chi connectivity index (χ3v) is 5.66. The van der Waals surface area contributed by atoms with E-state index < -0.39 is 0 Å². The summed E-state index contributed by atoms with van der Waals surface area (Å²) in [6, 6.07) is 0. The first-order valence-electron chi connectivity index (χ1n) is 7.38. The molecular formula is C14H24O4S. The number of rotatable bonds is 2. The van der Waals surface area contributed by atoms with Crippen molar-refractivity contribution in [1.29, 1.82) is 0 Å². The lowest BCUT2D eigenvalue weighted by atomic mass is 9.77. The monoisotopic (exact) mass is 288 g/mol. The van der Waals surface area contributed by atoms with Gasteiger partial charge in [0.25, 0.3) is 0 Å². The quantitative estimate of drug-likeness (QED) is 0.833. The molecule has 3 rings (SSSR count). The lowest BCUT2D eigenvalue weighted by Gasteiger charge is -2.45. The maximum atomic E-state index is 10.6. The molecule has 3 aliphatic rings. The highest BCUT2D eigenvalue weighted by Gasteiger charge is 2.42. The van der Waals surface area contributed by atoms with Gasteiger partial charge in [-0.05, 0) is 31.6 Å². The lowest BCUT2D eigenvalue weighted by Crippen LogP contribution is -2.49. The molecule has 1 spiro atoms. The average Bonchev–Trinajstić information content (AvgIpc) is 2.48. The second-order valence-corrected chi connectivity index (χ2v) is 7.02. The summed E-state index contributed by atoms with van der Waals surface area (Å²) in [5.41, 5.74) is -0.0377. The Morgan fingerprint density at radius 3 is 2.74 bits per heavy atom. The predicted molar refractivity (Wildman–Crippen MR) is 74.5 cm³/mol. The Morgan fingerprint density at radius 2 is 2.00 bits per heavy atom. The smallest absolute Gasteiger partial charge is 0.0927 e. The van der Waals surface area contributed by atoms with E-state index in [1.807, 2.05) is 11.8 Å². The molecule has 0 aromatic heterocycles. The molecule has 0 bridgehead atoms. The Morgan fingerprint density at radius 1 is 1.16 bits per heavy atom. The zero-order valence-electron chi connectivity index (χ0n) is 11.4. The minimum Gasteiger partial charge on any atom is -0.390 e. The van der Waals surface area contributed by atoms with E-state index in [9.17, 15) is 5.11 Å². The third kappa shape index (κ3) is 3.27. The summed E-state index contributed by atoms with van der Waals surface area (Å²) < 4.78 is 17.2. The van der Waals surface area contributed by atoms with Gasteiger partial charge in [0.05, 0.1) is 24.4 Å². The van der Waals surface area contributed by atoms with E-state index in [-0.39, 0.29) is 17.8 Å². The van der Waals surface area contributed by atoms with Gasteiger partial charge in [0, 0.05) is 31.3 Å². The van der Waals surface area contributed by atoms with Crippen molar-refractivity contribution in [3.63, 3.8) is 0 Å². The van der Waals surface area contributed by atoms with E-state index in [2.05, 4.69) is 0 Å². The topological polar surface area (TPSA) is 47.9 Å². The minimum atomic E-state index is -0.337. The van der Waals surface area contributed by atoms with Crippen molar-refractivity contribution in [3.05, 3.63) is 0 Å². The molecule has 0 aromatic carbocycles. The maximum absolute atomic E-state index is 10.6. The molecule has 1 N–H and O–H groups in total. The molecule has 3 unspecified atom stereocenters. The number of thioether (sulfide) groups is 1. The van der Waals surface area contributed by atoms with Crippen LogP contribution >= 0.6 is 11.8 Å². The van der Waals surface area contributed by atoms with Crippen LogP contribution in [0.15, 0.2) is 0 Å². The van der Waals surface area contributed by atoms with Crippen molar-refractivity contribution < 1.29 is 19.3 Å². The second kappa shape index (κ2) is 6.31. The van der Waals surface area contributed by atoms with Crippen LogP contribution in [0.2, 0.25) is 0 Å². The van der Waals surface area contributed by atoms with Crippen molar-refractivity contribution in [2.45, 2.75) is 43.5 Å². The Labute approximate surface area is 119 Å². The van der Waals surface area contributed by atoms with Crippen molar-refractivity contribution in [2.75, 3.05) is 37.9 Å². The number of aliphatic hydroxyl groups excluding tert-OH is 1. The van der Waals surface area contributed by atoms with Gasteiger partial charge in [-0.1, -0.05) is 0 Å². The Bertz CT molecular complexity index is 282. The van der Waals surface area contributed by atoms with E-state index in [4.69, 9.17) is 14.2 Å². The van der Waals surface area contributed by atoms with Crippen LogP contribution < -0.4 is 0 Å². The van der Waals surface area contributed by atoms with E-state index in [1.54, 1.807) is 0 Å². The summed E-state index contributed by atoms with van der Waals surface area (Å²) in [5.74, 6) is 2.29. The molecular weight excluding hydrogens is 264 g/mol. The first-order valence-corrected chi connectivity index (χ1v) is 8.54. The third-order valence-electron chi connectivity index (χ3n) is 4.64. The number of aliphatic hydroxyl groups is 1. The van der Waals surface area contributed by atoms with Crippen LogP contribution in [-0.2, 0) is 14.2 Å². The number of hydrogen-bond acceptors (Lipinski definition) is 5. The van der Waals surface area contributed by atoms with Crippen LogP contribution in [0.4, 0.5) is 0 Å². The summed E-state index contributed by atoms with van der Waals surface area (Å²) in [4.78, 5) is 0. The summed E-state index contributed by atoms with van der Waals surface area (Å²) in [5, 5.41) is 10.6. The molecule has 19 heavy (non-hydrogen) atoms. The van der Waals surface area contributed by atoms with Crippen LogP contribution in [0, 0.1) is 5.92 Å². The van der Waals surface area contributed by atoms with Crippen LogP contribution in [-0.4, -0.2) is 60.8 Å². The highest BCUT2D eigenvalue weighted by molar-refractivity contribution is 7.99. The number of hydrogen-bond donors (Lipinski definition) is 1. The molecule has 3 atom stereocenters. The van der Waals surface area contributed by atoms with Gasteiger partial charge in [0.2, 0.25) is 0 Å². The van der Waals surface area contributed by atoms with E-state index in [1.165, 1.54) is 0 Å². The van der Waals surface area contributed by atoms with E-state index in [0.717, 1.165) is 63.6 Å². The molecule has 3 fully saturated rings. The average molecular weight is 288 g/mol. The van der Waals surface area contributed by atoms with Gasteiger partial charge >= 0.3 is 0 Å². The molecule has 0 aliphatic carbocycles. The summed E-state index contributed by atoms with van der Waals surface area (Å²) in [7, 11) is 0. The highest BCUT2D eigenvalue weighted by Crippen LogP contribution is 2.39. The zero-order chi connectivity index (χ0) is 13.1. The largest absolute Gasteiger partial charge is 0.390 e. The summed E-state index contributed by atoms with van der Waals surface area (Å²) >= 11 is 1.89. The first kappa shape index (κ1) is 14.1.